The topological polar surface area (TPSA) is 99.2 Å². The molecule has 0 atom stereocenters. The average molecular weight is 350 g/mol. The third-order valence-electron chi connectivity index (χ3n) is 3.87. The SMILES string of the molecule is CC(=O)Nc1ccccc1CN(CCCN)C(=O)c1ccc(C#N)cc1. The zero-order valence-electron chi connectivity index (χ0n) is 14.7. The molecule has 6 nitrogen and oxygen atoms in total. The Morgan fingerprint density at radius 2 is 1.85 bits per heavy atom. The van der Waals surface area contributed by atoms with Crippen molar-refractivity contribution in [3.05, 3.63) is 65.2 Å². The van der Waals surface area contributed by atoms with Crippen molar-refractivity contribution in [2.24, 2.45) is 5.73 Å². The Morgan fingerprint density at radius 1 is 1.15 bits per heavy atom. The highest BCUT2D eigenvalue weighted by Gasteiger charge is 2.17. The fourth-order valence-electron chi connectivity index (χ4n) is 2.58. The maximum absolute atomic E-state index is 12.9. The quantitative estimate of drug-likeness (QED) is 0.801. The van der Waals surface area contributed by atoms with Crippen LogP contribution in [0.4, 0.5) is 5.69 Å². The van der Waals surface area contributed by atoms with Gasteiger partial charge in [0.2, 0.25) is 5.91 Å². The molecule has 0 heterocycles. The van der Waals surface area contributed by atoms with E-state index in [9.17, 15) is 9.59 Å². The molecule has 0 saturated carbocycles. The lowest BCUT2D eigenvalue weighted by Gasteiger charge is -2.24. The normalized spacial score (nSPS) is 10.0. The van der Waals surface area contributed by atoms with Crippen LogP contribution in [0, 0.1) is 11.3 Å². The van der Waals surface area contributed by atoms with Crippen LogP contribution in [0.1, 0.15) is 34.8 Å². The molecule has 0 unspecified atom stereocenters. The molecule has 26 heavy (non-hydrogen) atoms. The number of anilines is 1. The van der Waals surface area contributed by atoms with Gasteiger partial charge in [0, 0.05) is 31.3 Å². The molecule has 3 N–H and O–H groups in total. The molecule has 0 saturated heterocycles. The maximum atomic E-state index is 12.9. The number of para-hydroxylation sites is 1. The van der Waals surface area contributed by atoms with Gasteiger partial charge in [0.15, 0.2) is 0 Å². The molecule has 6 heteroatoms. The van der Waals surface area contributed by atoms with Crippen molar-refractivity contribution in [1.82, 2.24) is 4.90 Å². The van der Waals surface area contributed by atoms with Crippen LogP contribution in [0.2, 0.25) is 0 Å². The van der Waals surface area contributed by atoms with Crippen LogP contribution < -0.4 is 11.1 Å². The number of carbonyl (C=O) groups is 2. The molecule has 2 aromatic carbocycles. The number of carbonyl (C=O) groups excluding carboxylic acids is 2. The second-order valence-corrected chi connectivity index (χ2v) is 5.90. The summed E-state index contributed by atoms with van der Waals surface area (Å²) in [5, 5.41) is 11.7. The summed E-state index contributed by atoms with van der Waals surface area (Å²) < 4.78 is 0. The first-order chi connectivity index (χ1) is 12.5. The first-order valence-corrected chi connectivity index (χ1v) is 8.40. The number of nitrogens with zero attached hydrogens (tertiary/aromatic N) is 2. The van der Waals surface area contributed by atoms with Crippen molar-refractivity contribution in [2.45, 2.75) is 19.9 Å². The van der Waals surface area contributed by atoms with Crippen molar-refractivity contribution in [2.75, 3.05) is 18.4 Å². The summed E-state index contributed by atoms with van der Waals surface area (Å²) in [7, 11) is 0. The van der Waals surface area contributed by atoms with Crippen LogP contribution in [0.25, 0.3) is 0 Å². The van der Waals surface area contributed by atoms with Crippen molar-refractivity contribution < 1.29 is 9.59 Å². The highest BCUT2D eigenvalue weighted by Crippen LogP contribution is 2.19. The van der Waals surface area contributed by atoms with Gasteiger partial charge < -0.3 is 16.0 Å². The summed E-state index contributed by atoms with van der Waals surface area (Å²) in [6, 6.07) is 16.0. The number of rotatable bonds is 7. The molecule has 2 rings (SSSR count). The Balaban J connectivity index is 2.25. The molecule has 2 amide bonds. The van der Waals surface area contributed by atoms with E-state index in [-0.39, 0.29) is 11.8 Å². The van der Waals surface area contributed by atoms with E-state index >= 15 is 0 Å². The number of amides is 2. The maximum Gasteiger partial charge on any atom is 0.254 e. The van der Waals surface area contributed by atoms with Crippen molar-refractivity contribution in [3.63, 3.8) is 0 Å². The smallest absolute Gasteiger partial charge is 0.254 e. The number of nitrogens with two attached hydrogens (primary N) is 1. The third kappa shape index (κ3) is 5.16. The monoisotopic (exact) mass is 350 g/mol. The van der Waals surface area contributed by atoms with Crippen molar-refractivity contribution >= 4 is 17.5 Å². The third-order valence-corrected chi connectivity index (χ3v) is 3.87. The molecule has 0 spiro atoms. The highest BCUT2D eigenvalue weighted by molar-refractivity contribution is 5.94. The summed E-state index contributed by atoms with van der Waals surface area (Å²) in [6.07, 6.45) is 0.671. The van der Waals surface area contributed by atoms with Crippen LogP contribution in [-0.2, 0) is 11.3 Å². The molecular weight excluding hydrogens is 328 g/mol. The molecule has 0 aliphatic heterocycles. The van der Waals surface area contributed by atoms with Crippen molar-refractivity contribution in [1.29, 1.82) is 5.26 Å². The zero-order chi connectivity index (χ0) is 18.9. The van der Waals surface area contributed by atoms with Gasteiger partial charge in [-0.3, -0.25) is 9.59 Å². The fraction of sp³-hybridized carbons (Fsp3) is 0.250. The first-order valence-electron chi connectivity index (χ1n) is 8.40. The molecule has 134 valence electrons. The Bertz CT molecular complexity index is 809. The molecule has 0 aromatic heterocycles. The van der Waals surface area contributed by atoms with E-state index in [1.807, 2.05) is 30.3 Å². The number of nitrogens with one attached hydrogen (secondary N) is 1. The van der Waals surface area contributed by atoms with Crippen LogP contribution in [0.3, 0.4) is 0 Å². The van der Waals surface area contributed by atoms with Gasteiger partial charge in [-0.25, -0.2) is 0 Å². The highest BCUT2D eigenvalue weighted by atomic mass is 16.2. The molecule has 0 bridgehead atoms. The number of hydrogen-bond donors (Lipinski definition) is 2. The summed E-state index contributed by atoms with van der Waals surface area (Å²) >= 11 is 0. The van der Waals surface area contributed by atoms with Gasteiger partial charge in [0.05, 0.1) is 11.6 Å². The number of benzene rings is 2. The van der Waals surface area contributed by atoms with Crippen molar-refractivity contribution in [3.8, 4) is 6.07 Å². The van der Waals surface area contributed by atoms with E-state index in [0.717, 1.165) is 5.56 Å². The van der Waals surface area contributed by atoms with Gasteiger partial charge in [-0.05, 0) is 48.9 Å². The molecular formula is C20H22N4O2. The lowest BCUT2D eigenvalue weighted by molar-refractivity contribution is -0.114. The molecule has 2 aromatic rings. The number of nitriles is 1. The largest absolute Gasteiger partial charge is 0.334 e. The van der Waals surface area contributed by atoms with Gasteiger partial charge in [-0.1, -0.05) is 18.2 Å². The lowest BCUT2D eigenvalue weighted by atomic mass is 10.1. The second-order valence-electron chi connectivity index (χ2n) is 5.90. The van der Waals surface area contributed by atoms with Crippen LogP contribution in [-0.4, -0.2) is 29.8 Å². The summed E-state index contributed by atoms with van der Waals surface area (Å²) in [5.41, 5.74) is 8.16. The Hall–Kier alpha value is -3.17. The lowest BCUT2D eigenvalue weighted by Crippen LogP contribution is -2.33. The van der Waals surface area contributed by atoms with E-state index in [2.05, 4.69) is 5.32 Å². The first kappa shape index (κ1) is 19.2. The van der Waals surface area contributed by atoms with Gasteiger partial charge in [-0.2, -0.15) is 5.26 Å². The minimum absolute atomic E-state index is 0.138. The van der Waals surface area contributed by atoms with E-state index < -0.39 is 0 Å². The van der Waals surface area contributed by atoms with Gasteiger partial charge in [0.1, 0.15) is 0 Å². The average Bonchev–Trinajstić information content (AvgIpc) is 2.65. The molecule has 0 aliphatic carbocycles. The Kier molecular flexibility index (Phi) is 6.89. The summed E-state index contributed by atoms with van der Waals surface area (Å²) in [4.78, 5) is 26.0. The van der Waals surface area contributed by atoms with E-state index in [4.69, 9.17) is 11.0 Å². The van der Waals surface area contributed by atoms with Crippen LogP contribution in [0.15, 0.2) is 48.5 Å². The fourth-order valence-corrected chi connectivity index (χ4v) is 2.58. The van der Waals surface area contributed by atoms with Crippen LogP contribution >= 0.6 is 0 Å². The zero-order valence-corrected chi connectivity index (χ0v) is 14.7. The van der Waals surface area contributed by atoms with E-state index in [0.29, 0.717) is 42.9 Å². The van der Waals surface area contributed by atoms with Gasteiger partial charge >= 0.3 is 0 Å². The van der Waals surface area contributed by atoms with E-state index in [1.165, 1.54) is 6.92 Å². The Morgan fingerprint density at radius 3 is 2.46 bits per heavy atom. The summed E-state index contributed by atoms with van der Waals surface area (Å²) in [5.74, 6) is -0.301. The molecule has 0 fully saturated rings. The minimum Gasteiger partial charge on any atom is -0.334 e. The predicted molar refractivity (Wildman–Crippen MR) is 100 cm³/mol. The van der Waals surface area contributed by atoms with E-state index in [1.54, 1.807) is 29.2 Å². The second kappa shape index (κ2) is 9.35. The van der Waals surface area contributed by atoms with Crippen LogP contribution in [0.5, 0.6) is 0 Å². The summed E-state index contributed by atoms with van der Waals surface area (Å²) in [6.45, 7) is 2.79. The van der Waals surface area contributed by atoms with Gasteiger partial charge in [0.25, 0.3) is 5.91 Å². The predicted octanol–water partition coefficient (Wildman–Crippen LogP) is 2.51. The standard InChI is InChI=1S/C20H22N4O2/c1-15(25)23-19-6-3-2-5-18(19)14-24(12-4-11-21)20(26)17-9-7-16(13-22)8-10-17/h2-3,5-10H,4,11-12,14,21H2,1H3,(H,23,25). The molecule has 0 aliphatic rings. The van der Waals surface area contributed by atoms with Gasteiger partial charge in [-0.15, -0.1) is 0 Å². The Labute approximate surface area is 153 Å². The number of hydrogen-bond acceptors (Lipinski definition) is 4. The minimum atomic E-state index is -0.163. The molecule has 0 radical (unpaired) electrons.